The van der Waals surface area contributed by atoms with E-state index in [1.165, 1.54) is 16.4 Å². The molecular weight excluding hydrogens is 522 g/mol. The number of para-hydroxylation sites is 1. The first-order chi connectivity index (χ1) is 19.2. The van der Waals surface area contributed by atoms with Crippen molar-refractivity contribution in [2.45, 2.75) is 57.9 Å². The molecule has 2 amide bonds. The Hall–Kier alpha value is -3.65. The molecular formula is C32H41N3O4S. The highest BCUT2D eigenvalue weighted by atomic mass is 32.2. The number of hydrogen-bond acceptors (Lipinski definition) is 4. The number of sulfonamides is 1. The molecule has 0 aliphatic carbocycles. The zero-order valence-corrected chi connectivity index (χ0v) is 24.7. The second kappa shape index (κ2) is 14.7. The third-order valence-electron chi connectivity index (χ3n) is 6.81. The normalized spacial score (nSPS) is 12.1. The molecule has 0 fully saturated rings. The average Bonchev–Trinajstić information content (AvgIpc) is 2.97. The van der Waals surface area contributed by atoms with Crippen LogP contribution in [0.1, 0.15) is 45.2 Å². The maximum atomic E-state index is 14.1. The number of nitrogens with zero attached hydrogens (tertiary/aromatic N) is 2. The maximum absolute atomic E-state index is 14.1. The number of aryl methyl sites for hydroxylation is 1. The van der Waals surface area contributed by atoms with Crippen molar-refractivity contribution in [3.05, 3.63) is 96.1 Å². The van der Waals surface area contributed by atoms with Crippen molar-refractivity contribution in [2.24, 2.45) is 5.92 Å². The highest BCUT2D eigenvalue weighted by molar-refractivity contribution is 7.92. The molecule has 0 aliphatic rings. The third kappa shape index (κ3) is 7.94. The van der Waals surface area contributed by atoms with Crippen LogP contribution in [0.5, 0.6) is 0 Å². The number of carbonyl (C=O) groups is 2. The fraction of sp³-hybridized carbons (Fsp3) is 0.375. The van der Waals surface area contributed by atoms with Gasteiger partial charge < -0.3 is 10.2 Å². The van der Waals surface area contributed by atoms with Gasteiger partial charge in [-0.1, -0.05) is 94.4 Å². The molecule has 0 bridgehead atoms. The van der Waals surface area contributed by atoms with E-state index < -0.39 is 28.5 Å². The number of amides is 2. The maximum Gasteiger partial charge on any atom is 0.264 e. The van der Waals surface area contributed by atoms with Crippen molar-refractivity contribution < 1.29 is 18.0 Å². The zero-order valence-electron chi connectivity index (χ0n) is 23.9. The van der Waals surface area contributed by atoms with Gasteiger partial charge in [0, 0.05) is 13.1 Å². The Labute approximate surface area is 239 Å². The first-order valence-corrected chi connectivity index (χ1v) is 15.4. The minimum atomic E-state index is -4.07. The van der Waals surface area contributed by atoms with Crippen LogP contribution in [-0.2, 0) is 32.5 Å². The molecule has 0 spiro atoms. The van der Waals surface area contributed by atoms with Crippen molar-refractivity contribution in [1.29, 1.82) is 0 Å². The summed E-state index contributed by atoms with van der Waals surface area (Å²) >= 11 is 0. The molecule has 40 heavy (non-hydrogen) atoms. The average molecular weight is 564 g/mol. The number of nitrogens with one attached hydrogen (secondary N) is 1. The largest absolute Gasteiger partial charge is 0.354 e. The summed E-state index contributed by atoms with van der Waals surface area (Å²) in [6.45, 7) is 8.20. The van der Waals surface area contributed by atoms with E-state index in [1.54, 1.807) is 35.2 Å². The number of hydrogen-bond donors (Lipinski definition) is 1. The van der Waals surface area contributed by atoms with Crippen LogP contribution in [0.3, 0.4) is 0 Å². The van der Waals surface area contributed by atoms with E-state index in [4.69, 9.17) is 0 Å². The monoisotopic (exact) mass is 563 g/mol. The molecule has 1 atom stereocenters. The Morgan fingerprint density at radius 2 is 1.45 bits per heavy atom. The smallest absolute Gasteiger partial charge is 0.264 e. The summed E-state index contributed by atoms with van der Waals surface area (Å²) in [4.78, 5) is 29.0. The van der Waals surface area contributed by atoms with Gasteiger partial charge in [0.05, 0.1) is 10.6 Å². The summed E-state index contributed by atoms with van der Waals surface area (Å²) in [6.07, 6.45) is 1.54. The summed E-state index contributed by atoms with van der Waals surface area (Å²) < 4.78 is 29.1. The predicted octanol–water partition coefficient (Wildman–Crippen LogP) is 5.07. The lowest BCUT2D eigenvalue weighted by atomic mass is 10.1. The van der Waals surface area contributed by atoms with Crippen LogP contribution in [0, 0.1) is 5.92 Å². The van der Waals surface area contributed by atoms with Gasteiger partial charge in [-0.25, -0.2) is 8.42 Å². The van der Waals surface area contributed by atoms with E-state index in [-0.39, 0.29) is 23.3 Å². The standard InChI is InChI=1S/C32H41N3O4S/c1-5-27-17-13-14-20-30(27)35(40(38,39)28-18-11-8-12-19-28)24-31(36)34(22-21-26-15-9-7-10-16-26)29(6-2)32(37)33-23-25(3)4/h7-20,25,29H,5-6,21-24H2,1-4H3,(H,33,37)/t29-/m1/s1. The lowest BCUT2D eigenvalue weighted by molar-refractivity contribution is -0.139. The van der Waals surface area contributed by atoms with E-state index in [1.807, 2.05) is 70.2 Å². The lowest BCUT2D eigenvalue weighted by Crippen LogP contribution is -2.53. The summed E-state index contributed by atoms with van der Waals surface area (Å²) in [6, 6.07) is 24.4. The number of rotatable bonds is 14. The van der Waals surface area contributed by atoms with Crippen LogP contribution in [0.15, 0.2) is 89.8 Å². The molecule has 0 saturated carbocycles. The summed E-state index contributed by atoms with van der Waals surface area (Å²) in [5.41, 5.74) is 2.30. The molecule has 0 heterocycles. The van der Waals surface area contributed by atoms with Gasteiger partial charge in [0.1, 0.15) is 12.6 Å². The zero-order chi connectivity index (χ0) is 29.1. The van der Waals surface area contributed by atoms with Gasteiger partial charge in [-0.15, -0.1) is 0 Å². The topological polar surface area (TPSA) is 86.8 Å². The van der Waals surface area contributed by atoms with Gasteiger partial charge in [-0.3, -0.25) is 13.9 Å². The Kier molecular flexibility index (Phi) is 11.3. The van der Waals surface area contributed by atoms with Crippen molar-refractivity contribution >= 4 is 27.5 Å². The van der Waals surface area contributed by atoms with E-state index in [9.17, 15) is 18.0 Å². The van der Waals surface area contributed by atoms with Crippen molar-refractivity contribution in [3.8, 4) is 0 Å². The molecule has 0 radical (unpaired) electrons. The van der Waals surface area contributed by atoms with E-state index in [0.29, 0.717) is 31.5 Å². The Morgan fingerprint density at radius 1 is 0.850 bits per heavy atom. The molecule has 214 valence electrons. The molecule has 0 saturated heterocycles. The first kappa shape index (κ1) is 30.9. The quantitative estimate of drug-likeness (QED) is 0.297. The van der Waals surface area contributed by atoms with Gasteiger partial charge in [0.15, 0.2) is 0 Å². The lowest BCUT2D eigenvalue weighted by Gasteiger charge is -2.33. The fourth-order valence-corrected chi connectivity index (χ4v) is 6.08. The Bertz CT molecular complexity index is 1340. The minimum Gasteiger partial charge on any atom is -0.354 e. The second-order valence-electron chi connectivity index (χ2n) is 10.2. The number of carbonyl (C=O) groups excluding carboxylic acids is 2. The number of anilines is 1. The Balaban J connectivity index is 2.02. The molecule has 0 aliphatic heterocycles. The molecule has 3 aromatic rings. The SMILES string of the molecule is CCc1ccccc1N(CC(=O)N(CCc1ccccc1)[C@H](CC)C(=O)NCC(C)C)S(=O)(=O)c1ccccc1. The molecule has 8 heteroatoms. The molecule has 7 nitrogen and oxygen atoms in total. The molecule has 0 aromatic heterocycles. The summed E-state index contributed by atoms with van der Waals surface area (Å²) in [7, 11) is -4.07. The second-order valence-corrected chi connectivity index (χ2v) is 12.1. The van der Waals surface area contributed by atoms with E-state index >= 15 is 0 Å². The van der Waals surface area contributed by atoms with Crippen LogP contribution >= 0.6 is 0 Å². The van der Waals surface area contributed by atoms with Gasteiger partial charge in [0.2, 0.25) is 11.8 Å². The third-order valence-corrected chi connectivity index (χ3v) is 8.58. The van der Waals surface area contributed by atoms with E-state index in [2.05, 4.69) is 5.32 Å². The van der Waals surface area contributed by atoms with Crippen LogP contribution in [0.25, 0.3) is 0 Å². The molecule has 0 unspecified atom stereocenters. The van der Waals surface area contributed by atoms with E-state index in [0.717, 1.165) is 11.1 Å². The molecule has 1 N–H and O–H groups in total. The van der Waals surface area contributed by atoms with Gasteiger partial charge in [0.25, 0.3) is 10.0 Å². The predicted molar refractivity (Wildman–Crippen MR) is 161 cm³/mol. The summed E-state index contributed by atoms with van der Waals surface area (Å²) in [5.74, 6) is -0.399. The highest BCUT2D eigenvalue weighted by Gasteiger charge is 2.34. The Morgan fingerprint density at radius 3 is 2.05 bits per heavy atom. The van der Waals surface area contributed by atoms with Crippen LogP contribution < -0.4 is 9.62 Å². The van der Waals surface area contributed by atoms with Crippen molar-refractivity contribution in [2.75, 3.05) is 23.9 Å². The van der Waals surface area contributed by atoms with Gasteiger partial charge >= 0.3 is 0 Å². The van der Waals surface area contributed by atoms with Crippen LogP contribution in [0.4, 0.5) is 5.69 Å². The van der Waals surface area contributed by atoms with Crippen LogP contribution in [0.2, 0.25) is 0 Å². The molecule has 3 rings (SSSR count). The van der Waals surface area contributed by atoms with Gasteiger partial charge in [-0.2, -0.15) is 0 Å². The summed E-state index contributed by atoms with van der Waals surface area (Å²) in [5, 5.41) is 2.96. The minimum absolute atomic E-state index is 0.103. The number of benzene rings is 3. The first-order valence-electron chi connectivity index (χ1n) is 14.0. The van der Waals surface area contributed by atoms with Gasteiger partial charge in [-0.05, 0) is 54.5 Å². The van der Waals surface area contributed by atoms with Crippen molar-refractivity contribution in [3.63, 3.8) is 0 Å². The fourth-order valence-electron chi connectivity index (χ4n) is 4.60. The highest BCUT2D eigenvalue weighted by Crippen LogP contribution is 2.28. The molecule has 3 aromatic carbocycles. The van der Waals surface area contributed by atoms with Crippen molar-refractivity contribution in [1.82, 2.24) is 10.2 Å². The van der Waals surface area contributed by atoms with Crippen LogP contribution in [-0.4, -0.2) is 50.8 Å².